The van der Waals surface area contributed by atoms with E-state index in [9.17, 15) is 5.11 Å². The zero-order chi connectivity index (χ0) is 16.4. The quantitative estimate of drug-likeness (QED) is 0.842. The van der Waals surface area contributed by atoms with E-state index in [1.807, 2.05) is 24.3 Å². The number of aliphatic hydroxyl groups excluding tert-OH is 1. The highest BCUT2D eigenvalue weighted by molar-refractivity contribution is 9.10. The van der Waals surface area contributed by atoms with Crippen molar-refractivity contribution in [3.63, 3.8) is 0 Å². The fourth-order valence-electron chi connectivity index (χ4n) is 3.55. The van der Waals surface area contributed by atoms with Crippen LogP contribution >= 0.6 is 15.9 Å². The molecule has 0 spiro atoms. The summed E-state index contributed by atoms with van der Waals surface area (Å²) in [4.78, 5) is 2.44. The van der Waals surface area contributed by atoms with Gasteiger partial charge in [0.05, 0.1) is 4.47 Å². The predicted molar refractivity (Wildman–Crippen MR) is 94.4 cm³/mol. The molecule has 0 aliphatic carbocycles. The van der Waals surface area contributed by atoms with Gasteiger partial charge in [0.15, 0.2) is 0 Å². The number of hydrogen-bond donors (Lipinski definition) is 1. The number of benzene rings is 1. The number of likely N-dealkylation sites (tertiary alicyclic amines) is 1. The van der Waals surface area contributed by atoms with Gasteiger partial charge in [0.1, 0.15) is 18.5 Å². The topological polar surface area (TPSA) is 32.7 Å². The van der Waals surface area contributed by atoms with Crippen LogP contribution in [0, 0.1) is 0 Å². The first kappa shape index (κ1) is 17.8. The van der Waals surface area contributed by atoms with E-state index in [4.69, 9.17) is 4.74 Å². The smallest absolute Gasteiger partial charge is 0.133 e. The predicted octanol–water partition coefficient (Wildman–Crippen LogP) is 4.23. The van der Waals surface area contributed by atoms with Gasteiger partial charge in [0, 0.05) is 17.6 Å². The maximum atomic E-state index is 10.4. The molecule has 0 saturated carbocycles. The normalized spacial score (nSPS) is 22.3. The van der Waals surface area contributed by atoms with E-state index < -0.39 is 6.10 Å². The second-order valence-corrected chi connectivity index (χ2v) is 8.34. The van der Waals surface area contributed by atoms with Crippen molar-refractivity contribution in [3.8, 4) is 5.75 Å². The molecule has 1 fully saturated rings. The second-order valence-electron chi connectivity index (χ2n) is 7.48. The number of rotatable bonds is 5. The molecule has 1 N–H and O–H groups in total. The van der Waals surface area contributed by atoms with Crippen LogP contribution < -0.4 is 4.74 Å². The Morgan fingerprint density at radius 1 is 1.18 bits per heavy atom. The number of β-amino-alcohol motifs (C(OH)–C–C–N with tert-alkyl or cyclic N) is 1. The molecule has 0 amide bonds. The zero-order valence-corrected chi connectivity index (χ0v) is 15.7. The van der Waals surface area contributed by atoms with Crippen molar-refractivity contribution in [1.29, 1.82) is 0 Å². The lowest BCUT2D eigenvalue weighted by molar-refractivity contribution is -0.0607. The molecule has 1 aliphatic heterocycles. The van der Waals surface area contributed by atoms with Gasteiger partial charge >= 0.3 is 0 Å². The Morgan fingerprint density at radius 3 is 2.36 bits per heavy atom. The highest BCUT2D eigenvalue weighted by Gasteiger charge is 2.41. The largest absolute Gasteiger partial charge is 0.490 e. The van der Waals surface area contributed by atoms with Gasteiger partial charge in [-0.1, -0.05) is 12.1 Å². The zero-order valence-electron chi connectivity index (χ0n) is 14.1. The summed E-state index contributed by atoms with van der Waals surface area (Å²) in [6, 6.07) is 7.74. The average Bonchev–Trinajstić information content (AvgIpc) is 2.42. The summed E-state index contributed by atoms with van der Waals surface area (Å²) in [6.07, 6.45) is 3.10. The van der Waals surface area contributed by atoms with Crippen molar-refractivity contribution >= 4 is 15.9 Å². The molecule has 1 unspecified atom stereocenters. The van der Waals surface area contributed by atoms with E-state index in [1.54, 1.807) is 0 Å². The van der Waals surface area contributed by atoms with Crippen LogP contribution in [-0.2, 0) is 0 Å². The maximum absolute atomic E-state index is 10.4. The highest BCUT2D eigenvalue weighted by atomic mass is 79.9. The first-order valence-corrected chi connectivity index (χ1v) is 8.85. The molecule has 3 nitrogen and oxygen atoms in total. The van der Waals surface area contributed by atoms with Crippen molar-refractivity contribution in [2.75, 3.05) is 13.2 Å². The third kappa shape index (κ3) is 4.24. The molecule has 124 valence electrons. The van der Waals surface area contributed by atoms with E-state index >= 15 is 0 Å². The Labute approximate surface area is 142 Å². The molecule has 1 saturated heterocycles. The molecule has 1 heterocycles. The number of aliphatic hydroxyl groups is 1. The van der Waals surface area contributed by atoms with Gasteiger partial charge in [-0.25, -0.2) is 0 Å². The summed E-state index contributed by atoms with van der Waals surface area (Å²) in [5.41, 5.74) is 0.242. The number of ether oxygens (including phenoxy) is 1. The van der Waals surface area contributed by atoms with Crippen molar-refractivity contribution in [2.24, 2.45) is 0 Å². The summed E-state index contributed by atoms with van der Waals surface area (Å²) in [6.45, 7) is 10.0. The van der Waals surface area contributed by atoms with Crippen LogP contribution in [0.5, 0.6) is 5.75 Å². The Morgan fingerprint density at radius 2 is 1.77 bits per heavy atom. The monoisotopic (exact) mass is 369 g/mol. The molecular formula is C18H28BrNO2. The van der Waals surface area contributed by atoms with E-state index in [-0.39, 0.29) is 11.1 Å². The Hall–Kier alpha value is -0.580. The van der Waals surface area contributed by atoms with Crippen LogP contribution in [0.3, 0.4) is 0 Å². The molecule has 1 aromatic rings. The van der Waals surface area contributed by atoms with Crippen LogP contribution in [0.15, 0.2) is 28.7 Å². The van der Waals surface area contributed by atoms with Gasteiger partial charge in [-0.2, -0.15) is 0 Å². The molecule has 4 heteroatoms. The van der Waals surface area contributed by atoms with Crippen LogP contribution in [0.25, 0.3) is 0 Å². The number of halogens is 1. The molecule has 1 aromatic carbocycles. The standard InChI is InChI=1S/C18H28BrNO2/c1-17(2)10-7-11-18(3,4)20(17)12-14(21)13-22-16-9-6-5-8-15(16)19/h5-6,8-9,14,21H,7,10-13H2,1-4H3. The molecule has 2 rings (SSSR count). The van der Waals surface area contributed by atoms with Crippen LogP contribution in [0.2, 0.25) is 0 Å². The van der Waals surface area contributed by atoms with Crippen molar-refractivity contribution < 1.29 is 9.84 Å². The van der Waals surface area contributed by atoms with Gasteiger partial charge in [-0.3, -0.25) is 4.90 Å². The van der Waals surface area contributed by atoms with Crippen molar-refractivity contribution in [3.05, 3.63) is 28.7 Å². The Kier molecular flexibility index (Phi) is 5.57. The van der Waals surface area contributed by atoms with Crippen molar-refractivity contribution in [2.45, 2.75) is 64.1 Å². The van der Waals surface area contributed by atoms with E-state index in [0.29, 0.717) is 13.2 Å². The highest BCUT2D eigenvalue weighted by Crippen LogP contribution is 2.38. The number of piperidine rings is 1. The molecular weight excluding hydrogens is 342 g/mol. The third-order valence-electron chi connectivity index (χ3n) is 4.70. The van der Waals surface area contributed by atoms with Crippen molar-refractivity contribution in [1.82, 2.24) is 4.90 Å². The third-order valence-corrected chi connectivity index (χ3v) is 5.35. The van der Waals surface area contributed by atoms with E-state index in [1.165, 1.54) is 19.3 Å². The first-order valence-electron chi connectivity index (χ1n) is 8.05. The van der Waals surface area contributed by atoms with Crippen LogP contribution in [-0.4, -0.2) is 40.3 Å². The molecule has 0 radical (unpaired) electrons. The first-order chi connectivity index (χ1) is 10.2. The maximum Gasteiger partial charge on any atom is 0.133 e. The fourth-order valence-corrected chi connectivity index (χ4v) is 3.95. The van der Waals surface area contributed by atoms with Crippen LogP contribution in [0.1, 0.15) is 47.0 Å². The summed E-state index contributed by atoms with van der Waals surface area (Å²) < 4.78 is 6.67. The lowest BCUT2D eigenvalue weighted by atomic mass is 9.79. The molecule has 1 atom stereocenters. The van der Waals surface area contributed by atoms with Gasteiger partial charge in [-0.05, 0) is 75.0 Å². The summed E-state index contributed by atoms with van der Waals surface area (Å²) in [5, 5.41) is 10.4. The second kappa shape index (κ2) is 6.90. The molecule has 0 bridgehead atoms. The SMILES string of the molecule is CC1(C)CCCC(C)(C)N1CC(O)COc1ccccc1Br. The minimum atomic E-state index is -0.497. The number of nitrogens with zero attached hydrogens (tertiary/aromatic N) is 1. The molecule has 0 aromatic heterocycles. The van der Waals surface area contributed by atoms with Gasteiger partial charge < -0.3 is 9.84 Å². The van der Waals surface area contributed by atoms with Gasteiger partial charge in [-0.15, -0.1) is 0 Å². The van der Waals surface area contributed by atoms with Crippen LogP contribution in [0.4, 0.5) is 0 Å². The molecule has 1 aliphatic rings. The van der Waals surface area contributed by atoms with Gasteiger partial charge in [0.25, 0.3) is 0 Å². The van der Waals surface area contributed by atoms with E-state index in [2.05, 4.69) is 48.5 Å². The molecule has 22 heavy (non-hydrogen) atoms. The minimum Gasteiger partial charge on any atom is -0.490 e. The van der Waals surface area contributed by atoms with E-state index in [0.717, 1.165) is 10.2 Å². The Bertz CT molecular complexity index is 486. The Balaban J connectivity index is 1.95. The number of hydrogen-bond acceptors (Lipinski definition) is 3. The summed E-state index contributed by atoms with van der Waals surface area (Å²) in [7, 11) is 0. The lowest BCUT2D eigenvalue weighted by Crippen LogP contribution is -2.60. The summed E-state index contributed by atoms with van der Waals surface area (Å²) in [5.74, 6) is 0.777. The fraction of sp³-hybridized carbons (Fsp3) is 0.667. The summed E-state index contributed by atoms with van der Waals surface area (Å²) >= 11 is 3.46. The minimum absolute atomic E-state index is 0.121. The number of para-hydroxylation sites is 1. The lowest BCUT2D eigenvalue weighted by Gasteiger charge is -2.53. The van der Waals surface area contributed by atoms with Gasteiger partial charge in [0.2, 0.25) is 0 Å². The average molecular weight is 370 g/mol.